The van der Waals surface area contributed by atoms with Gasteiger partial charge in [-0.05, 0) is 12.1 Å². The summed E-state index contributed by atoms with van der Waals surface area (Å²) < 4.78 is 26.2. The van der Waals surface area contributed by atoms with Crippen molar-refractivity contribution < 1.29 is 13.2 Å². The van der Waals surface area contributed by atoms with Gasteiger partial charge in [0.1, 0.15) is 5.69 Å². The van der Waals surface area contributed by atoms with Crippen molar-refractivity contribution in [3.8, 4) is 0 Å². The van der Waals surface area contributed by atoms with E-state index in [1.54, 1.807) is 0 Å². The smallest absolute Gasteiger partial charge is 0.271 e. The number of hydrogen-bond donors (Lipinski definition) is 2. The van der Waals surface area contributed by atoms with Crippen LogP contribution in [-0.4, -0.2) is 30.1 Å². The molecule has 0 spiro atoms. The minimum absolute atomic E-state index is 0.177. The maximum Gasteiger partial charge on any atom is 0.271 e. The zero-order chi connectivity index (χ0) is 14.8. The monoisotopic (exact) mass is 314 g/mol. The molecule has 2 heterocycles. The van der Waals surface area contributed by atoms with Gasteiger partial charge in [0, 0.05) is 24.3 Å². The van der Waals surface area contributed by atoms with Gasteiger partial charge in [-0.3, -0.25) is 9.52 Å². The van der Waals surface area contributed by atoms with Gasteiger partial charge in [0.2, 0.25) is 10.0 Å². The largest absolute Gasteiger partial charge is 0.353 e. The van der Waals surface area contributed by atoms with Crippen molar-refractivity contribution in [1.82, 2.24) is 14.9 Å². The highest BCUT2D eigenvalue weighted by Gasteiger charge is 2.12. The molecule has 20 heavy (non-hydrogen) atoms. The molecule has 7 nitrogen and oxygen atoms in total. The van der Waals surface area contributed by atoms with E-state index in [-0.39, 0.29) is 16.7 Å². The summed E-state index contributed by atoms with van der Waals surface area (Å²) in [6.07, 6.45) is 2.92. The molecule has 0 atom stereocenters. The SMILES string of the molecule is Cn1cccc1CNC(=O)c1csc(NS(C)(=O)=O)n1. The third-order valence-electron chi connectivity index (χ3n) is 2.49. The number of sulfonamides is 1. The van der Waals surface area contributed by atoms with E-state index in [1.165, 1.54) is 5.38 Å². The van der Waals surface area contributed by atoms with Crippen molar-refractivity contribution in [3.05, 3.63) is 35.1 Å². The summed E-state index contributed by atoms with van der Waals surface area (Å²) in [6.45, 7) is 0.384. The van der Waals surface area contributed by atoms with Gasteiger partial charge < -0.3 is 9.88 Å². The molecule has 0 saturated heterocycles. The number of amides is 1. The van der Waals surface area contributed by atoms with Crippen LogP contribution in [0.1, 0.15) is 16.2 Å². The highest BCUT2D eigenvalue weighted by atomic mass is 32.2. The predicted octanol–water partition coefficient (Wildman–Crippen LogP) is 0.783. The van der Waals surface area contributed by atoms with Gasteiger partial charge in [0.05, 0.1) is 12.8 Å². The quantitative estimate of drug-likeness (QED) is 0.853. The first kappa shape index (κ1) is 14.5. The van der Waals surface area contributed by atoms with E-state index < -0.39 is 10.0 Å². The number of aromatic nitrogens is 2. The molecule has 0 unspecified atom stereocenters. The third kappa shape index (κ3) is 3.81. The first-order chi connectivity index (χ1) is 9.35. The van der Waals surface area contributed by atoms with Crippen LogP contribution in [0.15, 0.2) is 23.7 Å². The number of rotatable bonds is 5. The lowest BCUT2D eigenvalue weighted by Gasteiger charge is -2.04. The predicted molar refractivity (Wildman–Crippen MR) is 77.2 cm³/mol. The molecule has 1 amide bonds. The van der Waals surface area contributed by atoms with Gasteiger partial charge in [-0.25, -0.2) is 13.4 Å². The van der Waals surface area contributed by atoms with Gasteiger partial charge in [-0.1, -0.05) is 0 Å². The molecule has 2 aromatic rings. The number of nitrogens with one attached hydrogen (secondary N) is 2. The molecule has 0 bridgehead atoms. The maximum atomic E-state index is 11.9. The van der Waals surface area contributed by atoms with Gasteiger partial charge >= 0.3 is 0 Å². The Morgan fingerprint density at radius 2 is 2.25 bits per heavy atom. The molecule has 0 aliphatic heterocycles. The number of thiazole rings is 1. The van der Waals surface area contributed by atoms with Crippen LogP contribution in [0, 0.1) is 0 Å². The molecular weight excluding hydrogens is 300 g/mol. The minimum Gasteiger partial charge on any atom is -0.353 e. The number of anilines is 1. The molecule has 0 fully saturated rings. The molecular formula is C11H14N4O3S2. The van der Waals surface area contributed by atoms with Crippen LogP contribution in [0.4, 0.5) is 5.13 Å². The van der Waals surface area contributed by atoms with E-state index in [1.807, 2.05) is 29.9 Å². The first-order valence-electron chi connectivity index (χ1n) is 5.67. The van der Waals surface area contributed by atoms with E-state index in [0.29, 0.717) is 6.54 Å². The topological polar surface area (TPSA) is 93.1 Å². The molecule has 0 aromatic carbocycles. The van der Waals surface area contributed by atoms with Crippen LogP contribution in [0.2, 0.25) is 0 Å². The summed E-state index contributed by atoms with van der Waals surface area (Å²) in [6, 6.07) is 3.79. The van der Waals surface area contributed by atoms with Crippen molar-refractivity contribution in [1.29, 1.82) is 0 Å². The lowest BCUT2D eigenvalue weighted by atomic mass is 10.4. The number of hydrogen-bond acceptors (Lipinski definition) is 5. The Balaban J connectivity index is 1.98. The molecule has 2 aromatic heterocycles. The van der Waals surface area contributed by atoms with E-state index in [9.17, 15) is 13.2 Å². The molecule has 0 radical (unpaired) electrons. The number of nitrogens with zero attached hydrogens (tertiary/aromatic N) is 2. The van der Waals surface area contributed by atoms with Crippen LogP contribution >= 0.6 is 11.3 Å². The summed E-state index contributed by atoms with van der Waals surface area (Å²) >= 11 is 1.06. The zero-order valence-corrected chi connectivity index (χ0v) is 12.6. The fourth-order valence-corrected chi connectivity index (χ4v) is 3.07. The Labute approximate surface area is 120 Å². The van der Waals surface area contributed by atoms with Gasteiger partial charge in [-0.2, -0.15) is 0 Å². The average Bonchev–Trinajstić information content (AvgIpc) is 2.93. The van der Waals surface area contributed by atoms with Crippen LogP contribution in [0.3, 0.4) is 0 Å². The molecule has 0 aliphatic rings. The van der Waals surface area contributed by atoms with Crippen molar-refractivity contribution in [2.75, 3.05) is 11.0 Å². The fourth-order valence-electron chi connectivity index (χ4n) is 1.53. The molecule has 9 heteroatoms. The summed E-state index contributed by atoms with van der Waals surface area (Å²) in [4.78, 5) is 15.8. The Hall–Kier alpha value is -1.87. The second-order valence-electron chi connectivity index (χ2n) is 4.21. The second kappa shape index (κ2) is 5.63. The number of carbonyl (C=O) groups excluding carboxylic acids is 1. The Bertz CT molecular complexity index is 718. The number of carbonyl (C=O) groups is 1. The maximum absolute atomic E-state index is 11.9. The summed E-state index contributed by atoms with van der Waals surface area (Å²) in [5.41, 5.74) is 1.15. The van der Waals surface area contributed by atoms with E-state index in [2.05, 4.69) is 15.0 Å². The Kier molecular flexibility index (Phi) is 4.09. The molecule has 0 aliphatic carbocycles. The minimum atomic E-state index is -3.38. The standard InChI is InChI=1S/C11H14N4O3S2/c1-15-5-3-4-8(15)6-12-10(16)9-7-19-11(13-9)14-20(2,17)18/h3-5,7H,6H2,1-2H3,(H,12,16)(H,13,14). The van der Waals surface area contributed by atoms with Gasteiger partial charge in [0.15, 0.2) is 5.13 Å². The van der Waals surface area contributed by atoms with E-state index in [4.69, 9.17) is 0 Å². The lowest BCUT2D eigenvalue weighted by Crippen LogP contribution is -2.24. The highest BCUT2D eigenvalue weighted by molar-refractivity contribution is 7.92. The van der Waals surface area contributed by atoms with E-state index >= 15 is 0 Å². The van der Waals surface area contributed by atoms with Crippen molar-refractivity contribution >= 4 is 32.4 Å². The fraction of sp³-hybridized carbons (Fsp3) is 0.273. The van der Waals surface area contributed by atoms with Crippen molar-refractivity contribution in [2.24, 2.45) is 7.05 Å². The highest BCUT2D eigenvalue weighted by Crippen LogP contribution is 2.16. The summed E-state index contributed by atoms with van der Waals surface area (Å²) in [5, 5.41) is 4.41. The second-order valence-corrected chi connectivity index (χ2v) is 6.81. The zero-order valence-electron chi connectivity index (χ0n) is 11.0. The molecule has 2 N–H and O–H groups in total. The summed E-state index contributed by atoms with van der Waals surface area (Å²) in [7, 11) is -1.49. The van der Waals surface area contributed by atoms with Crippen LogP contribution in [-0.2, 0) is 23.6 Å². The van der Waals surface area contributed by atoms with Crippen LogP contribution in [0.5, 0.6) is 0 Å². The van der Waals surface area contributed by atoms with E-state index in [0.717, 1.165) is 23.3 Å². The lowest BCUT2D eigenvalue weighted by molar-refractivity contribution is 0.0946. The van der Waals surface area contributed by atoms with Gasteiger partial charge in [0.25, 0.3) is 5.91 Å². The molecule has 0 saturated carbocycles. The van der Waals surface area contributed by atoms with Crippen LogP contribution in [0.25, 0.3) is 0 Å². The molecule has 2 rings (SSSR count). The van der Waals surface area contributed by atoms with Crippen molar-refractivity contribution in [3.63, 3.8) is 0 Å². The van der Waals surface area contributed by atoms with Crippen LogP contribution < -0.4 is 10.0 Å². The summed E-state index contributed by atoms with van der Waals surface area (Å²) in [5.74, 6) is -0.344. The average molecular weight is 314 g/mol. The first-order valence-corrected chi connectivity index (χ1v) is 8.44. The van der Waals surface area contributed by atoms with Crippen molar-refractivity contribution in [2.45, 2.75) is 6.54 Å². The third-order valence-corrected chi connectivity index (χ3v) is 3.94. The Morgan fingerprint density at radius 1 is 1.50 bits per heavy atom. The van der Waals surface area contributed by atoms with Gasteiger partial charge in [-0.15, -0.1) is 11.3 Å². The Morgan fingerprint density at radius 3 is 2.85 bits per heavy atom. The number of aryl methyl sites for hydroxylation is 1. The molecule has 108 valence electrons. The normalized spacial score (nSPS) is 11.3.